The summed E-state index contributed by atoms with van der Waals surface area (Å²) >= 11 is 0. The van der Waals surface area contributed by atoms with Gasteiger partial charge in [-0.25, -0.2) is 10.2 Å². The van der Waals surface area contributed by atoms with Crippen molar-refractivity contribution in [3.8, 4) is 5.75 Å². The molecule has 4 rings (SSSR count). The molecule has 0 aliphatic heterocycles. The van der Waals surface area contributed by atoms with E-state index in [4.69, 9.17) is 9.47 Å². The van der Waals surface area contributed by atoms with Gasteiger partial charge in [0, 0.05) is 29.2 Å². The van der Waals surface area contributed by atoms with E-state index in [-0.39, 0.29) is 18.3 Å². The van der Waals surface area contributed by atoms with Crippen molar-refractivity contribution < 1.29 is 19.1 Å². The van der Waals surface area contributed by atoms with Crippen LogP contribution in [0, 0.1) is 0 Å². The molecule has 1 heterocycles. The van der Waals surface area contributed by atoms with Gasteiger partial charge in [0.25, 0.3) is 0 Å². The first-order chi connectivity index (χ1) is 16.6. The number of hydrazone groups is 1. The minimum absolute atomic E-state index is 0.201. The number of nitrogens with one attached hydrogen (secondary N) is 1. The number of nitrogens with zero attached hydrogens (tertiary/aromatic N) is 2. The van der Waals surface area contributed by atoms with Crippen molar-refractivity contribution in [2.75, 3.05) is 14.2 Å². The van der Waals surface area contributed by atoms with Gasteiger partial charge >= 0.3 is 5.97 Å². The molecular formula is C27H25N3O4. The number of hydrogen-bond acceptors (Lipinski definition) is 5. The summed E-state index contributed by atoms with van der Waals surface area (Å²) in [7, 11) is 2.96. The van der Waals surface area contributed by atoms with E-state index in [2.05, 4.69) is 15.1 Å². The minimum atomic E-state index is -0.364. The maximum atomic E-state index is 12.3. The number of carbonyl (C=O) groups is 2. The van der Waals surface area contributed by atoms with Crippen molar-refractivity contribution in [2.24, 2.45) is 5.10 Å². The second kappa shape index (κ2) is 10.5. The van der Waals surface area contributed by atoms with Crippen molar-refractivity contribution >= 4 is 29.0 Å². The van der Waals surface area contributed by atoms with E-state index in [0.717, 1.165) is 27.6 Å². The molecule has 7 nitrogen and oxygen atoms in total. The topological polar surface area (TPSA) is 81.9 Å². The molecule has 0 saturated heterocycles. The van der Waals surface area contributed by atoms with Crippen molar-refractivity contribution in [1.29, 1.82) is 0 Å². The lowest BCUT2D eigenvalue weighted by atomic mass is 10.1. The van der Waals surface area contributed by atoms with E-state index < -0.39 is 0 Å². The molecule has 0 aliphatic rings. The van der Waals surface area contributed by atoms with E-state index >= 15 is 0 Å². The summed E-state index contributed by atoms with van der Waals surface area (Å²) < 4.78 is 12.1. The number of methoxy groups -OCH3 is 2. The highest BCUT2D eigenvalue weighted by Gasteiger charge is 2.10. The normalized spacial score (nSPS) is 11.0. The van der Waals surface area contributed by atoms with Crippen molar-refractivity contribution in [3.63, 3.8) is 0 Å². The lowest BCUT2D eigenvalue weighted by molar-refractivity contribution is -0.120. The van der Waals surface area contributed by atoms with E-state index in [1.165, 1.54) is 7.11 Å². The molecule has 0 aliphatic carbocycles. The number of rotatable bonds is 8. The predicted molar refractivity (Wildman–Crippen MR) is 131 cm³/mol. The highest BCUT2D eigenvalue weighted by atomic mass is 16.5. The molecule has 0 spiro atoms. The number of aromatic nitrogens is 1. The fourth-order valence-electron chi connectivity index (χ4n) is 3.80. The van der Waals surface area contributed by atoms with Gasteiger partial charge < -0.3 is 14.0 Å². The Balaban J connectivity index is 1.50. The van der Waals surface area contributed by atoms with Gasteiger partial charge in [0.1, 0.15) is 5.75 Å². The van der Waals surface area contributed by atoms with Crippen molar-refractivity contribution in [2.45, 2.75) is 13.0 Å². The van der Waals surface area contributed by atoms with Crippen LogP contribution in [-0.4, -0.2) is 36.9 Å². The molecule has 7 heteroatoms. The summed E-state index contributed by atoms with van der Waals surface area (Å²) in [5, 5.41) is 5.18. The molecule has 1 N–H and O–H groups in total. The van der Waals surface area contributed by atoms with Crippen LogP contribution < -0.4 is 10.2 Å². The minimum Gasteiger partial charge on any atom is -0.497 e. The Labute approximate surface area is 197 Å². The molecule has 1 aromatic heterocycles. The Bertz CT molecular complexity index is 1360. The van der Waals surface area contributed by atoms with Gasteiger partial charge in [-0.3, -0.25) is 4.79 Å². The third-order valence-electron chi connectivity index (χ3n) is 5.41. The zero-order valence-corrected chi connectivity index (χ0v) is 19.0. The second-order valence-corrected chi connectivity index (χ2v) is 7.74. The molecule has 0 radical (unpaired) electrons. The van der Waals surface area contributed by atoms with E-state index in [1.807, 2.05) is 72.9 Å². The number of benzene rings is 3. The number of carbonyl (C=O) groups excluding carboxylic acids is 2. The maximum Gasteiger partial charge on any atom is 0.337 e. The Morgan fingerprint density at radius 1 is 0.971 bits per heavy atom. The molecule has 1 amide bonds. The van der Waals surface area contributed by atoms with Gasteiger partial charge in [0.2, 0.25) is 5.91 Å². The fraction of sp³-hybridized carbons (Fsp3) is 0.148. The first-order valence-corrected chi connectivity index (χ1v) is 10.8. The van der Waals surface area contributed by atoms with Crippen LogP contribution in [-0.2, 0) is 22.5 Å². The van der Waals surface area contributed by atoms with Gasteiger partial charge in [-0.1, -0.05) is 42.5 Å². The highest BCUT2D eigenvalue weighted by Crippen LogP contribution is 2.22. The number of amides is 1. The van der Waals surface area contributed by atoms with Crippen LogP contribution in [0.15, 0.2) is 84.1 Å². The van der Waals surface area contributed by atoms with E-state index in [0.29, 0.717) is 17.9 Å². The summed E-state index contributed by atoms with van der Waals surface area (Å²) in [5.41, 5.74) is 6.82. The standard InChI is InChI=1S/C27H25N3O4/c1-33-23-10-6-7-19(14-23)15-26(31)29-28-16-22-18-30(25-12-4-3-11-24(22)25)17-20-8-5-9-21(13-20)27(32)34-2/h3-14,16,18H,15,17H2,1-2H3,(H,29,31)/b28-16+. The summed E-state index contributed by atoms with van der Waals surface area (Å²) in [6, 6.07) is 22.7. The third-order valence-corrected chi connectivity index (χ3v) is 5.41. The average molecular weight is 456 g/mol. The summed E-state index contributed by atoms with van der Waals surface area (Å²) in [5.74, 6) is 0.128. The summed E-state index contributed by atoms with van der Waals surface area (Å²) in [6.45, 7) is 0.571. The van der Waals surface area contributed by atoms with Gasteiger partial charge in [-0.2, -0.15) is 5.10 Å². The molecule has 172 valence electrons. The number of fused-ring (bicyclic) bond motifs is 1. The smallest absolute Gasteiger partial charge is 0.337 e. The van der Waals surface area contributed by atoms with Gasteiger partial charge in [0.05, 0.1) is 32.4 Å². The number of para-hydroxylation sites is 1. The van der Waals surface area contributed by atoms with Crippen LogP contribution in [0.4, 0.5) is 0 Å². The zero-order valence-electron chi connectivity index (χ0n) is 19.0. The van der Waals surface area contributed by atoms with Crippen LogP contribution >= 0.6 is 0 Å². The first kappa shape index (κ1) is 22.8. The summed E-state index contributed by atoms with van der Waals surface area (Å²) in [4.78, 5) is 24.2. The Morgan fingerprint density at radius 2 is 1.76 bits per heavy atom. The number of esters is 1. The van der Waals surface area contributed by atoms with Crippen LogP contribution in [0.3, 0.4) is 0 Å². The summed E-state index contributed by atoms with van der Waals surface area (Å²) in [6.07, 6.45) is 3.83. The molecule has 34 heavy (non-hydrogen) atoms. The number of ether oxygens (including phenoxy) is 2. The van der Waals surface area contributed by atoms with Crippen LogP contribution in [0.5, 0.6) is 5.75 Å². The lowest BCUT2D eigenvalue weighted by Gasteiger charge is -2.07. The van der Waals surface area contributed by atoms with Crippen molar-refractivity contribution in [1.82, 2.24) is 9.99 Å². The SMILES string of the molecule is COC(=O)c1cccc(Cn2cc(/C=N/NC(=O)Cc3cccc(OC)c3)c3ccccc32)c1. The second-order valence-electron chi connectivity index (χ2n) is 7.74. The molecule has 3 aromatic carbocycles. The Kier molecular flexibility index (Phi) is 7.03. The lowest BCUT2D eigenvalue weighted by Crippen LogP contribution is -2.19. The molecule has 0 saturated carbocycles. The average Bonchev–Trinajstić information content (AvgIpc) is 3.21. The molecule has 0 fully saturated rings. The number of hydrogen-bond donors (Lipinski definition) is 1. The quantitative estimate of drug-likeness (QED) is 0.246. The monoisotopic (exact) mass is 455 g/mol. The Morgan fingerprint density at radius 3 is 2.59 bits per heavy atom. The van der Waals surface area contributed by atoms with Crippen LogP contribution in [0.2, 0.25) is 0 Å². The molecular weight excluding hydrogens is 430 g/mol. The van der Waals surface area contributed by atoms with Crippen molar-refractivity contribution in [3.05, 3.63) is 101 Å². The van der Waals surface area contributed by atoms with Crippen LogP contribution in [0.25, 0.3) is 10.9 Å². The first-order valence-electron chi connectivity index (χ1n) is 10.8. The van der Waals surface area contributed by atoms with Gasteiger partial charge in [-0.15, -0.1) is 0 Å². The maximum absolute atomic E-state index is 12.3. The third kappa shape index (κ3) is 5.32. The largest absolute Gasteiger partial charge is 0.497 e. The highest BCUT2D eigenvalue weighted by molar-refractivity contribution is 5.99. The molecule has 4 aromatic rings. The van der Waals surface area contributed by atoms with Crippen LogP contribution in [0.1, 0.15) is 27.0 Å². The fourth-order valence-corrected chi connectivity index (χ4v) is 3.80. The van der Waals surface area contributed by atoms with E-state index in [1.54, 1.807) is 19.4 Å². The van der Waals surface area contributed by atoms with Gasteiger partial charge in [0.15, 0.2) is 0 Å². The van der Waals surface area contributed by atoms with E-state index in [9.17, 15) is 9.59 Å². The molecule has 0 unspecified atom stereocenters. The zero-order chi connectivity index (χ0) is 23.9. The Hall–Kier alpha value is -4.39. The predicted octanol–water partition coefficient (Wildman–Crippen LogP) is 4.18. The molecule has 0 bridgehead atoms. The van der Waals surface area contributed by atoms with Gasteiger partial charge in [-0.05, 0) is 41.5 Å². The molecule has 0 atom stereocenters.